The first-order valence-electron chi connectivity index (χ1n) is 6.30. The lowest BCUT2D eigenvalue weighted by Gasteiger charge is -2.30. The molecule has 0 aliphatic carbocycles. The first-order valence-corrected chi connectivity index (χ1v) is 6.30. The summed E-state index contributed by atoms with van der Waals surface area (Å²) in [5, 5.41) is 9.98. The van der Waals surface area contributed by atoms with Gasteiger partial charge >= 0.3 is 0 Å². The summed E-state index contributed by atoms with van der Waals surface area (Å²) in [6.45, 7) is 9.39. The van der Waals surface area contributed by atoms with Gasteiger partial charge in [-0.2, -0.15) is 0 Å². The second-order valence-corrected chi connectivity index (χ2v) is 5.88. The lowest BCUT2D eigenvalue weighted by atomic mass is 9.88. The molecule has 0 aromatic rings. The maximum absolute atomic E-state index is 12.3. The Balaban J connectivity index is 2.65. The van der Waals surface area contributed by atoms with Crippen molar-refractivity contribution in [1.82, 2.24) is 4.90 Å². The van der Waals surface area contributed by atoms with Crippen molar-refractivity contribution in [3.05, 3.63) is 0 Å². The Morgan fingerprint density at radius 1 is 1.38 bits per heavy atom. The van der Waals surface area contributed by atoms with Gasteiger partial charge in [0.05, 0.1) is 5.60 Å². The van der Waals surface area contributed by atoms with Crippen LogP contribution in [0.4, 0.5) is 0 Å². The summed E-state index contributed by atoms with van der Waals surface area (Å²) in [6.07, 6.45) is 3.25. The molecule has 1 saturated heterocycles. The first kappa shape index (κ1) is 13.5. The number of amides is 1. The third-order valence-corrected chi connectivity index (χ3v) is 3.81. The Kier molecular flexibility index (Phi) is 4.00. The number of likely N-dealkylation sites (tertiary alicyclic amines) is 1. The van der Waals surface area contributed by atoms with Crippen LogP contribution in [0.2, 0.25) is 0 Å². The summed E-state index contributed by atoms with van der Waals surface area (Å²) >= 11 is 0. The highest BCUT2D eigenvalue weighted by molar-refractivity contribution is 5.81. The SMILES string of the molecule is CCC(C)(C)C(=O)N1CCCC(C)(O)CC1. The van der Waals surface area contributed by atoms with Crippen molar-refractivity contribution in [2.75, 3.05) is 13.1 Å². The summed E-state index contributed by atoms with van der Waals surface area (Å²) in [6, 6.07) is 0. The van der Waals surface area contributed by atoms with Crippen LogP contribution in [-0.2, 0) is 4.79 Å². The van der Waals surface area contributed by atoms with Crippen LogP contribution in [0.1, 0.15) is 53.4 Å². The molecule has 0 radical (unpaired) electrons. The molecule has 1 unspecified atom stereocenters. The summed E-state index contributed by atoms with van der Waals surface area (Å²) < 4.78 is 0. The summed E-state index contributed by atoms with van der Waals surface area (Å²) in [4.78, 5) is 14.2. The summed E-state index contributed by atoms with van der Waals surface area (Å²) in [5.41, 5.74) is -0.860. The van der Waals surface area contributed by atoms with Crippen molar-refractivity contribution in [2.45, 2.75) is 59.0 Å². The van der Waals surface area contributed by atoms with Gasteiger partial charge in [0.2, 0.25) is 5.91 Å². The molecule has 1 N–H and O–H groups in total. The van der Waals surface area contributed by atoms with Gasteiger partial charge in [-0.1, -0.05) is 20.8 Å². The molecule has 0 aromatic carbocycles. The Morgan fingerprint density at radius 2 is 2.00 bits per heavy atom. The molecule has 1 rings (SSSR count). The molecule has 1 fully saturated rings. The number of aliphatic hydroxyl groups is 1. The van der Waals surface area contributed by atoms with E-state index < -0.39 is 5.60 Å². The van der Waals surface area contributed by atoms with Crippen LogP contribution in [0, 0.1) is 5.41 Å². The second-order valence-electron chi connectivity index (χ2n) is 5.88. The number of carbonyl (C=O) groups excluding carboxylic acids is 1. The predicted octanol–water partition coefficient (Wildman–Crippen LogP) is 2.19. The minimum Gasteiger partial charge on any atom is -0.390 e. The normalized spacial score (nSPS) is 27.7. The van der Waals surface area contributed by atoms with Gasteiger partial charge in [-0.05, 0) is 32.6 Å². The van der Waals surface area contributed by atoms with E-state index in [0.717, 1.165) is 25.8 Å². The van der Waals surface area contributed by atoms with E-state index in [-0.39, 0.29) is 11.3 Å². The van der Waals surface area contributed by atoms with Gasteiger partial charge in [0.1, 0.15) is 0 Å². The standard InChI is InChI=1S/C13H25NO2/c1-5-12(2,3)11(15)14-9-6-7-13(4,16)8-10-14/h16H,5-10H2,1-4H3. The van der Waals surface area contributed by atoms with Crippen LogP contribution >= 0.6 is 0 Å². The maximum atomic E-state index is 12.3. The van der Waals surface area contributed by atoms with Gasteiger partial charge < -0.3 is 10.0 Å². The van der Waals surface area contributed by atoms with E-state index in [4.69, 9.17) is 0 Å². The van der Waals surface area contributed by atoms with E-state index >= 15 is 0 Å². The monoisotopic (exact) mass is 227 g/mol. The number of nitrogens with zero attached hydrogens (tertiary/aromatic N) is 1. The third kappa shape index (κ3) is 3.21. The van der Waals surface area contributed by atoms with E-state index in [0.29, 0.717) is 13.0 Å². The number of carbonyl (C=O) groups is 1. The fourth-order valence-corrected chi connectivity index (χ4v) is 2.05. The number of rotatable bonds is 2. The molecule has 0 spiro atoms. The zero-order valence-corrected chi connectivity index (χ0v) is 11.0. The molecule has 0 aromatic heterocycles. The van der Waals surface area contributed by atoms with E-state index in [9.17, 15) is 9.90 Å². The summed E-state index contributed by atoms with van der Waals surface area (Å²) in [7, 11) is 0. The van der Waals surface area contributed by atoms with E-state index in [1.165, 1.54) is 0 Å². The lowest BCUT2D eigenvalue weighted by Crippen LogP contribution is -2.41. The van der Waals surface area contributed by atoms with Crippen molar-refractivity contribution in [3.8, 4) is 0 Å². The predicted molar refractivity (Wildman–Crippen MR) is 65.1 cm³/mol. The van der Waals surface area contributed by atoms with Crippen molar-refractivity contribution < 1.29 is 9.90 Å². The quantitative estimate of drug-likeness (QED) is 0.785. The zero-order valence-electron chi connectivity index (χ0n) is 11.0. The Hall–Kier alpha value is -0.570. The van der Waals surface area contributed by atoms with Crippen molar-refractivity contribution in [1.29, 1.82) is 0 Å². The molecule has 0 bridgehead atoms. The van der Waals surface area contributed by atoms with E-state index in [2.05, 4.69) is 0 Å². The molecule has 0 saturated carbocycles. The molecule has 3 heteroatoms. The molecule has 94 valence electrons. The Morgan fingerprint density at radius 3 is 2.56 bits per heavy atom. The van der Waals surface area contributed by atoms with Crippen molar-refractivity contribution >= 4 is 5.91 Å². The minimum atomic E-state index is -0.592. The molecular weight excluding hydrogens is 202 g/mol. The van der Waals surface area contributed by atoms with Crippen LogP contribution in [0.3, 0.4) is 0 Å². The second kappa shape index (κ2) is 4.74. The van der Waals surface area contributed by atoms with Gasteiger partial charge in [-0.3, -0.25) is 4.79 Å². The van der Waals surface area contributed by atoms with Gasteiger partial charge in [0.25, 0.3) is 0 Å². The van der Waals surface area contributed by atoms with E-state index in [1.807, 2.05) is 32.6 Å². The Labute approximate surface area is 98.8 Å². The van der Waals surface area contributed by atoms with Gasteiger partial charge in [-0.15, -0.1) is 0 Å². The fraction of sp³-hybridized carbons (Fsp3) is 0.923. The molecule has 1 aliphatic heterocycles. The largest absolute Gasteiger partial charge is 0.390 e. The summed E-state index contributed by atoms with van der Waals surface area (Å²) in [5.74, 6) is 0.229. The van der Waals surface area contributed by atoms with Crippen molar-refractivity contribution in [3.63, 3.8) is 0 Å². The molecule has 16 heavy (non-hydrogen) atoms. The molecule has 3 nitrogen and oxygen atoms in total. The minimum absolute atomic E-state index is 0.229. The first-order chi connectivity index (χ1) is 7.28. The molecule has 1 amide bonds. The van der Waals surface area contributed by atoms with Gasteiger partial charge in [0.15, 0.2) is 0 Å². The smallest absolute Gasteiger partial charge is 0.228 e. The molecule has 1 aliphatic rings. The van der Waals surface area contributed by atoms with Gasteiger partial charge in [-0.25, -0.2) is 0 Å². The highest BCUT2D eigenvalue weighted by Crippen LogP contribution is 2.27. The van der Waals surface area contributed by atoms with Gasteiger partial charge in [0, 0.05) is 18.5 Å². The topological polar surface area (TPSA) is 40.5 Å². The number of hydrogen-bond acceptors (Lipinski definition) is 2. The molecular formula is C13H25NO2. The fourth-order valence-electron chi connectivity index (χ4n) is 2.05. The van der Waals surface area contributed by atoms with Crippen LogP contribution < -0.4 is 0 Å². The third-order valence-electron chi connectivity index (χ3n) is 3.81. The van der Waals surface area contributed by atoms with Crippen LogP contribution in [0.15, 0.2) is 0 Å². The number of hydrogen-bond donors (Lipinski definition) is 1. The van der Waals surface area contributed by atoms with Crippen LogP contribution in [-0.4, -0.2) is 34.6 Å². The highest BCUT2D eigenvalue weighted by Gasteiger charge is 2.33. The Bertz CT molecular complexity index is 259. The molecule has 1 atom stereocenters. The maximum Gasteiger partial charge on any atom is 0.228 e. The average Bonchev–Trinajstić information content (AvgIpc) is 2.38. The highest BCUT2D eigenvalue weighted by atomic mass is 16.3. The van der Waals surface area contributed by atoms with Crippen molar-refractivity contribution in [2.24, 2.45) is 5.41 Å². The van der Waals surface area contributed by atoms with Crippen LogP contribution in [0.25, 0.3) is 0 Å². The van der Waals surface area contributed by atoms with Crippen LogP contribution in [0.5, 0.6) is 0 Å². The molecule has 1 heterocycles. The van der Waals surface area contributed by atoms with E-state index in [1.54, 1.807) is 0 Å². The average molecular weight is 227 g/mol. The lowest BCUT2D eigenvalue weighted by molar-refractivity contribution is -0.140. The zero-order chi connectivity index (χ0) is 12.4.